The summed E-state index contributed by atoms with van der Waals surface area (Å²) in [5, 5.41) is 20.5. The first kappa shape index (κ1) is 48.9. The molecule has 0 aromatic rings. The standard InChI is InChI=1S/C40H71O10P/c1-4-6-7-8-9-10-11-12-16-19-22-25-29-37(41)38(42)30-27-32-39(43)48-33-36(34-49-51(45,46)47)50-40(44)31-26-23-20-17-14-13-15-18-21-24-28-35(3)5-2/h6-7,9-10,12,16,22,25,35-38,41-42H,4-5,8,11,13-15,17-21,23-24,26-34H2,1-3H3,(H2,45,46,47)/b7-6-,10-9-,16-12-,25-22-/t35?,36-,37+,38+/m1/s1. The van der Waals surface area contributed by atoms with E-state index in [9.17, 15) is 24.4 Å². The average Bonchev–Trinajstić information content (AvgIpc) is 3.09. The van der Waals surface area contributed by atoms with Crippen molar-refractivity contribution >= 4 is 19.8 Å². The number of allylic oxidation sites excluding steroid dienone is 7. The molecule has 10 nitrogen and oxygen atoms in total. The molecule has 296 valence electrons. The van der Waals surface area contributed by atoms with E-state index >= 15 is 0 Å². The molecular formula is C40H71O10P. The summed E-state index contributed by atoms with van der Waals surface area (Å²) in [6.45, 7) is 5.63. The number of rotatable bonds is 34. The van der Waals surface area contributed by atoms with Gasteiger partial charge in [0.2, 0.25) is 0 Å². The molecule has 0 bridgehead atoms. The second-order valence-corrected chi connectivity index (χ2v) is 14.7. The normalized spacial score (nSPS) is 14.9. The van der Waals surface area contributed by atoms with Gasteiger partial charge in [-0.05, 0) is 57.3 Å². The number of carbonyl (C=O) groups is 2. The summed E-state index contributed by atoms with van der Waals surface area (Å²) in [5.41, 5.74) is 0. The highest BCUT2D eigenvalue weighted by Gasteiger charge is 2.23. The lowest BCUT2D eigenvalue weighted by Gasteiger charge is -2.19. The highest BCUT2D eigenvalue weighted by Crippen LogP contribution is 2.36. The third-order valence-electron chi connectivity index (χ3n) is 8.60. The average molecular weight is 743 g/mol. The first-order valence-electron chi connectivity index (χ1n) is 19.5. The Balaban J connectivity index is 4.23. The number of carbonyl (C=O) groups excluding carboxylic acids is 2. The number of phosphoric ester groups is 1. The quantitative estimate of drug-likeness (QED) is 0.0217. The summed E-state index contributed by atoms with van der Waals surface area (Å²) in [5.74, 6) is -0.344. The number of hydrogen-bond donors (Lipinski definition) is 4. The summed E-state index contributed by atoms with van der Waals surface area (Å²) in [6, 6.07) is 0. The lowest BCUT2D eigenvalue weighted by molar-refractivity contribution is -0.161. The number of unbranched alkanes of at least 4 members (excludes halogenated alkanes) is 9. The van der Waals surface area contributed by atoms with Crippen LogP contribution in [0.15, 0.2) is 48.6 Å². The molecule has 0 heterocycles. The highest BCUT2D eigenvalue weighted by atomic mass is 31.2. The minimum absolute atomic E-state index is 0.0496. The van der Waals surface area contributed by atoms with Gasteiger partial charge in [0.25, 0.3) is 0 Å². The Kier molecular flexibility index (Phi) is 32.4. The van der Waals surface area contributed by atoms with Gasteiger partial charge in [0.1, 0.15) is 6.61 Å². The molecule has 0 aliphatic heterocycles. The van der Waals surface area contributed by atoms with E-state index in [0.717, 1.165) is 50.9 Å². The molecule has 0 amide bonds. The van der Waals surface area contributed by atoms with Crippen molar-refractivity contribution in [1.82, 2.24) is 0 Å². The SMILES string of the molecule is CC/C=C\C/C=C\C/C=C\C/C=C\C[C@H](O)[C@@H](O)CCCC(=O)OC[C@H](COP(=O)(O)O)OC(=O)CCCCCCCCCCCCC(C)CC. The maximum absolute atomic E-state index is 12.4. The topological polar surface area (TPSA) is 160 Å². The summed E-state index contributed by atoms with van der Waals surface area (Å²) in [4.78, 5) is 42.8. The van der Waals surface area contributed by atoms with Gasteiger partial charge in [0.15, 0.2) is 6.10 Å². The molecule has 0 radical (unpaired) electrons. The fourth-order valence-electron chi connectivity index (χ4n) is 5.20. The van der Waals surface area contributed by atoms with Crippen LogP contribution in [0.5, 0.6) is 0 Å². The third-order valence-corrected chi connectivity index (χ3v) is 9.09. The summed E-state index contributed by atoms with van der Waals surface area (Å²) in [6.07, 6.45) is 31.5. The second kappa shape index (κ2) is 33.7. The maximum atomic E-state index is 12.4. The zero-order chi connectivity index (χ0) is 38.0. The monoisotopic (exact) mass is 742 g/mol. The van der Waals surface area contributed by atoms with Gasteiger partial charge >= 0.3 is 19.8 Å². The van der Waals surface area contributed by atoms with E-state index in [2.05, 4.69) is 55.7 Å². The van der Waals surface area contributed by atoms with Crippen molar-refractivity contribution in [3.05, 3.63) is 48.6 Å². The van der Waals surface area contributed by atoms with Crippen molar-refractivity contribution in [2.45, 2.75) is 174 Å². The molecule has 0 fully saturated rings. The fourth-order valence-corrected chi connectivity index (χ4v) is 5.56. The van der Waals surface area contributed by atoms with Crippen LogP contribution in [0.1, 0.15) is 156 Å². The smallest absolute Gasteiger partial charge is 0.462 e. The molecule has 4 N–H and O–H groups in total. The Hall–Kier alpha value is -2.07. The third kappa shape index (κ3) is 34.8. The Labute approximate surface area is 309 Å². The van der Waals surface area contributed by atoms with E-state index in [0.29, 0.717) is 6.42 Å². The number of esters is 2. The van der Waals surface area contributed by atoms with Crippen molar-refractivity contribution in [3.8, 4) is 0 Å². The molecular weight excluding hydrogens is 671 g/mol. The van der Waals surface area contributed by atoms with Crippen LogP contribution < -0.4 is 0 Å². The second-order valence-electron chi connectivity index (χ2n) is 13.4. The van der Waals surface area contributed by atoms with E-state index in [4.69, 9.17) is 19.3 Å². The number of aliphatic hydroxyl groups is 2. The molecule has 0 saturated heterocycles. The van der Waals surface area contributed by atoms with Crippen LogP contribution >= 0.6 is 7.82 Å². The number of aliphatic hydroxyl groups excluding tert-OH is 2. The maximum Gasteiger partial charge on any atom is 0.469 e. The lowest BCUT2D eigenvalue weighted by Crippen LogP contribution is -2.29. The van der Waals surface area contributed by atoms with Gasteiger partial charge in [0.05, 0.1) is 18.8 Å². The van der Waals surface area contributed by atoms with Gasteiger partial charge in [-0.2, -0.15) is 0 Å². The number of phosphoric acid groups is 1. The minimum atomic E-state index is -4.82. The molecule has 1 unspecified atom stereocenters. The van der Waals surface area contributed by atoms with Crippen molar-refractivity contribution in [2.75, 3.05) is 13.2 Å². The summed E-state index contributed by atoms with van der Waals surface area (Å²) in [7, 11) is -4.82. The molecule has 4 atom stereocenters. The minimum Gasteiger partial charge on any atom is -0.462 e. The van der Waals surface area contributed by atoms with E-state index in [1.807, 2.05) is 18.2 Å². The Morgan fingerprint density at radius 1 is 0.627 bits per heavy atom. The van der Waals surface area contributed by atoms with Gasteiger partial charge in [0, 0.05) is 12.8 Å². The molecule has 0 saturated carbocycles. The van der Waals surface area contributed by atoms with Crippen LogP contribution in [0.4, 0.5) is 0 Å². The van der Waals surface area contributed by atoms with Gasteiger partial charge in [-0.25, -0.2) is 4.57 Å². The van der Waals surface area contributed by atoms with Crippen molar-refractivity contribution in [1.29, 1.82) is 0 Å². The molecule has 0 aromatic heterocycles. The Morgan fingerprint density at radius 3 is 1.69 bits per heavy atom. The molecule has 0 aliphatic rings. The van der Waals surface area contributed by atoms with Crippen molar-refractivity contribution < 1.29 is 48.2 Å². The van der Waals surface area contributed by atoms with Crippen LogP contribution in [0, 0.1) is 5.92 Å². The van der Waals surface area contributed by atoms with Crippen molar-refractivity contribution in [3.63, 3.8) is 0 Å². The van der Waals surface area contributed by atoms with Gasteiger partial charge < -0.3 is 29.5 Å². The molecule has 0 spiro atoms. The lowest BCUT2D eigenvalue weighted by atomic mass is 9.99. The first-order valence-corrected chi connectivity index (χ1v) is 21.0. The van der Waals surface area contributed by atoms with E-state index in [1.54, 1.807) is 0 Å². The highest BCUT2D eigenvalue weighted by molar-refractivity contribution is 7.46. The summed E-state index contributed by atoms with van der Waals surface area (Å²) >= 11 is 0. The van der Waals surface area contributed by atoms with Crippen LogP contribution in [0.25, 0.3) is 0 Å². The zero-order valence-corrected chi connectivity index (χ0v) is 32.8. The predicted octanol–water partition coefficient (Wildman–Crippen LogP) is 9.37. The van der Waals surface area contributed by atoms with Gasteiger partial charge in [-0.3, -0.25) is 14.1 Å². The number of hydrogen-bond acceptors (Lipinski definition) is 8. The Morgan fingerprint density at radius 2 is 1.14 bits per heavy atom. The van der Waals surface area contributed by atoms with Gasteiger partial charge in [-0.15, -0.1) is 0 Å². The molecule has 51 heavy (non-hydrogen) atoms. The van der Waals surface area contributed by atoms with Gasteiger partial charge in [-0.1, -0.05) is 140 Å². The molecule has 0 rings (SSSR count). The first-order chi connectivity index (χ1) is 24.5. The molecule has 0 aromatic carbocycles. The van der Waals surface area contributed by atoms with E-state index in [1.165, 1.54) is 51.4 Å². The fraction of sp³-hybridized carbons (Fsp3) is 0.750. The zero-order valence-electron chi connectivity index (χ0n) is 31.9. The van der Waals surface area contributed by atoms with Crippen molar-refractivity contribution in [2.24, 2.45) is 5.92 Å². The van der Waals surface area contributed by atoms with Crippen LogP contribution in [-0.4, -0.2) is 63.5 Å². The van der Waals surface area contributed by atoms with Crippen LogP contribution in [-0.2, 0) is 28.2 Å². The molecule has 0 aliphatic carbocycles. The predicted molar refractivity (Wildman–Crippen MR) is 205 cm³/mol. The Bertz CT molecular complexity index is 1020. The molecule has 11 heteroatoms. The van der Waals surface area contributed by atoms with Crippen LogP contribution in [0.2, 0.25) is 0 Å². The van der Waals surface area contributed by atoms with E-state index in [-0.39, 0.29) is 32.1 Å². The number of ether oxygens (including phenoxy) is 2. The largest absolute Gasteiger partial charge is 0.469 e. The van der Waals surface area contributed by atoms with E-state index < -0.39 is 51.3 Å². The van der Waals surface area contributed by atoms with Crippen LogP contribution in [0.3, 0.4) is 0 Å². The summed E-state index contributed by atoms with van der Waals surface area (Å²) < 4.78 is 26.2.